The molecule has 25 heavy (non-hydrogen) atoms. The lowest BCUT2D eigenvalue weighted by molar-refractivity contribution is -0.383. The second-order valence-electron chi connectivity index (χ2n) is 5.80. The minimum Gasteiger partial charge on any atom is -0.351 e. The first-order valence-corrected chi connectivity index (χ1v) is 8.78. The monoisotopic (exact) mass is 381 g/mol. The van der Waals surface area contributed by atoms with Crippen LogP contribution in [-0.2, 0) is 0 Å². The van der Waals surface area contributed by atoms with Crippen LogP contribution in [0.4, 0.5) is 23.0 Å². The zero-order valence-corrected chi connectivity index (χ0v) is 14.9. The summed E-state index contributed by atoms with van der Waals surface area (Å²) >= 11 is 12.0. The van der Waals surface area contributed by atoms with Crippen LogP contribution in [0.1, 0.15) is 25.7 Å². The van der Waals surface area contributed by atoms with E-state index in [0.717, 1.165) is 38.8 Å². The summed E-state index contributed by atoms with van der Waals surface area (Å²) in [5.41, 5.74) is 0.352. The van der Waals surface area contributed by atoms with Gasteiger partial charge < -0.3 is 10.2 Å². The second kappa shape index (κ2) is 7.84. The van der Waals surface area contributed by atoms with Crippen molar-refractivity contribution in [2.75, 3.05) is 23.3 Å². The van der Waals surface area contributed by atoms with Gasteiger partial charge >= 0.3 is 5.69 Å². The minimum absolute atomic E-state index is 0.114. The molecule has 7 nitrogen and oxygen atoms in total. The van der Waals surface area contributed by atoms with E-state index in [1.165, 1.54) is 6.33 Å². The molecule has 2 heterocycles. The van der Waals surface area contributed by atoms with Crippen LogP contribution in [0.25, 0.3) is 0 Å². The molecule has 2 aromatic rings. The summed E-state index contributed by atoms with van der Waals surface area (Å²) in [5, 5.41) is 15.5. The van der Waals surface area contributed by atoms with Gasteiger partial charge in [0, 0.05) is 18.1 Å². The van der Waals surface area contributed by atoms with Crippen LogP contribution in [0.2, 0.25) is 10.0 Å². The maximum absolute atomic E-state index is 11.7. The average Bonchev–Trinajstić information content (AvgIpc) is 2.86. The summed E-state index contributed by atoms with van der Waals surface area (Å²) in [4.78, 5) is 21.5. The van der Waals surface area contributed by atoms with Crippen molar-refractivity contribution in [3.63, 3.8) is 0 Å². The summed E-state index contributed by atoms with van der Waals surface area (Å²) < 4.78 is 0. The fraction of sp³-hybridized carbons (Fsp3) is 0.375. The summed E-state index contributed by atoms with van der Waals surface area (Å²) in [6.45, 7) is 1.50. The first-order valence-electron chi connectivity index (χ1n) is 8.02. The Hall–Kier alpha value is -2.12. The lowest BCUT2D eigenvalue weighted by Gasteiger charge is -2.21. The number of anilines is 3. The Morgan fingerprint density at radius 3 is 2.48 bits per heavy atom. The van der Waals surface area contributed by atoms with E-state index in [9.17, 15) is 10.1 Å². The molecule has 1 N–H and O–H groups in total. The largest absolute Gasteiger partial charge is 0.353 e. The Morgan fingerprint density at radius 1 is 1.12 bits per heavy atom. The van der Waals surface area contributed by atoms with Crippen molar-refractivity contribution in [3.05, 3.63) is 44.7 Å². The molecule has 0 spiro atoms. The van der Waals surface area contributed by atoms with Gasteiger partial charge in [0.2, 0.25) is 11.6 Å². The molecular formula is C16H17Cl2N5O2. The first kappa shape index (κ1) is 17.7. The maximum atomic E-state index is 11.7. The standard InChI is InChI=1S/C16H17Cl2N5O2/c17-11-5-6-13(12(18)9-11)21-15-14(23(24)25)16(20-10-19-15)22-7-3-1-2-4-8-22/h5-6,9-10H,1-4,7-8H2,(H,19,20,21). The van der Waals surface area contributed by atoms with Gasteiger partial charge in [-0.1, -0.05) is 36.0 Å². The Balaban J connectivity index is 1.98. The van der Waals surface area contributed by atoms with Crippen molar-refractivity contribution < 1.29 is 4.92 Å². The van der Waals surface area contributed by atoms with Crippen LogP contribution >= 0.6 is 23.2 Å². The van der Waals surface area contributed by atoms with Crippen LogP contribution in [0.15, 0.2) is 24.5 Å². The van der Waals surface area contributed by atoms with E-state index in [1.807, 2.05) is 4.90 Å². The van der Waals surface area contributed by atoms with Crippen molar-refractivity contribution in [3.8, 4) is 0 Å². The third-order valence-corrected chi connectivity index (χ3v) is 4.62. The molecular weight excluding hydrogens is 365 g/mol. The van der Waals surface area contributed by atoms with Crippen LogP contribution in [0, 0.1) is 10.1 Å². The zero-order valence-electron chi connectivity index (χ0n) is 13.4. The molecule has 0 bridgehead atoms. The van der Waals surface area contributed by atoms with E-state index in [4.69, 9.17) is 23.2 Å². The van der Waals surface area contributed by atoms with Gasteiger partial charge in [-0.3, -0.25) is 10.1 Å². The zero-order chi connectivity index (χ0) is 17.8. The molecule has 132 valence electrons. The van der Waals surface area contributed by atoms with Crippen molar-refractivity contribution in [2.45, 2.75) is 25.7 Å². The van der Waals surface area contributed by atoms with E-state index in [-0.39, 0.29) is 11.5 Å². The Labute approximate surface area is 155 Å². The highest BCUT2D eigenvalue weighted by Crippen LogP contribution is 2.36. The molecule has 9 heteroatoms. The molecule has 0 radical (unpaired) electrons. The number of hydrogen-bond acceptors (Lipinski definition) is 6. The molecule has 1 aliphatic rings. The van der Waals surface area contributed by atoms with E-state index in [2.05, 4.69) is 15.3 Å². The fourth-order valence-electron chi connectivity index (χ4n) is 2.86. The second-order valence-corrected chi connectivity index (χ2v) is 6.65. The van der Waals surface area contributed by atoms with Gasteiger partial charge in [-0.2, -0.15) is 0 Å². The van der Waals surface area contributed by atoms with Crippen molar-refractivity contribution in [2.24, 2.45) is 0 Å². The van der Waals surface area contributed by atoms with E-state index in [1.54, 1.807) is 18.2 Å². The normalized spacial score (nSPS) is 14.9. The lowest BCUT2D eigenvalue weighted by Crippen LogP contribution is -2.26. The summed E-state index contributed by atoms with van der Waals surface area (Å²) in [7, 11) is 0. The number of aromatic nitrogens is 2. The van der Waals surface area contributed by atoms with Crippen LogP contribution in [0.5, 0.6) is 0 Å². The predicted molar refractivity (Wildman–Crippen MR) is 99.1 cm³/mol. The lowest BCUT2D eigenvalue weighted by atomic mass is 10.2. The minimum atomic E-state index is -0.452. The average molecular weight is 382 g/mol. The van der Waals surface area contributed by atoms with E-state index >= 15 is 0 Å². The van der Waals surface area contributed by atoms with E-state index < -0.39 is 4.92 Å². The quantitative estimate of drug-likeness (QED) is 0.603. The molecule has 1 aromatic carbocycles. The van der Waals surface area contributed by atoms with Crippen molar-refractivity contribution >= 4 is 46.2 Å². The molecule has 1 saturated heterocycles. The molecule has 1 aromatic heterocycles. The number of nitrogens with zero attached hydrogens (tertiary/aromatic N) is 4. The summed E-state index contributed by atoms with van der Waals surface area (Å²) in [6.07, 6.45) is 5.57. The fourth-order valence-corrected chi connectivity index (χ4v) is 3.32. The topological polar surface area (TPSA) is 84.2 Å². The molecule has 0 unspecified atom stereocenters. The van der Waals surface area contributed by atoms with Gasteiger partial charge in [0.25, 0.3) is 0 Å². The van der Waals surface area contributed by atoms with Crippen LogP contribution in [0.3, 0.4) is 0 Å². The Bertz CT molecular complexity index is 779. The van der Waals surface area contributed by atoms with Gasteiger partial charge in [0.15, 0.2) is 0 Å². The van der Waals surface area contributed by atoms with Crippen LogP contribution in [-0.4, -0.2) is 28.0 Å². The Morgan fingerprint density at radius 2 is 1.84 bits per heavy atom. The van der Waals surface area contributed by atoms with Gasteiger partial charge in [0.05, 0.1) is 15.6 Å². The van der Waals surface area contributed by atoms with Gasteiger partial charge in [0.1, 0.15) is 6.33 Å². The number of nitrogens with one attached hydrogen (secondary N) is 1. The molecule has 0 aliphatic carbocycles. The van der Waals surface area contributed by atoms with E-state index in [0.29, 0.717) is 21.6 Å². The van der Waals surface area contributed by atoms with Crippen LogP contribution < -0.4 is 10.2 Å². The predicted octanol–water partition coefficient (Wildman–Crippen LogP) is 4.82. The molecule has 0 atom stereocenters. The highest BCUT2D eigenvalue weighted by Gasteiger charge is 2.27. The number of halogens is 2. The van der Waals surface area contributed by atoms with Gasteiger partial charge in [-0.15, -0.1) is 0 Å². The first-order chi connectivity index (χ1) is 12.1. The highest BCUT2D eigenvalue weighted by atomic mass is 35.5. The molecule has 0 saturated carbocycles. The maximum Gasteiger partial charge on any atom is 0.353 e. The molecule has 0 amide bonds. The number of hydrogen-bond donors (Lipinski definition) is 1. The Kier molecular flexibility index (Phi) is 5.55. The van der Waals surface area contributed by atoms with Gasteiger partial charge in [-0.25, -0.2) is 9.97 Å². The molecule has 1 aliphatic heterocycles. The molecule has 1 fully saturated rings. The highest BCUT2D eigenvalue weighted by molar-refractivity contribution is 6.36. The third kappa shape index (κ3) is 4.11. The third-order valence-electron chi connectivity index (χ3n) is 4.08. The molecule has 3 rings (SSSR count). The summed E-state index contributed by atoms with van der Waals surface area (Å²) in [5.74, 6) is 0.456. The number of rotatable bonds is 4. The van der Waals surface area contributed by atoms with Crippen molar-refractivity contribution in [1.82, 2.24) is 9.97 Å². The smallest absolute Gasteiger partial charge is 0.351 e. The SMILES string of the molecule is O=[N+]([O-])c1c(Nc2ccc(Cl)cc2Cl)ncnc1N1CCCCCC1. The van der Waals surface area contributed by atoms with Gasteiger partial charge in [-0.05, 0) is 31.0 Å². The summed E-state index contributed by atoms with van der Waals surface area (Å²) in [6, 6.07) is 4.87. The number of nitro groups is 1. The number of benzene rings is 1. The van der Waals surface area contributed by atoms with Crippen molar-refractivity contribution in [1.29, 1.82) is 0 Å².